The second-order valence-electron chi connectivity index (χ2n) is 4.90. The number of nitriles is 1. The number of fused-ring (bicyclic) bond motifs is 1. The van der Waals surface area contributed by atoms with E-state index in [-0.39, 0.29) is 0 Å². The Morgan fingerprint density at radius 2 is 1.94 bits per heavy atom. The summed E-state index contributed by atoms with van der Waals surface area (Å²) in [4.78, 5) is 0. The molecule has 0 radical (unpaired) electrons. The van der Waals surface area contributed by atoms with Crippen LogP contribution in [0.2, 0.25) is 0 Å². The Bertz CT molecular complexity index is 595. The van der Waals surface area contributed by atoms with Gasteiger partial charge in [-0.1, -0.05) is 31.0 Å². The Labute approximate surface area is 101 Å². The van der Waals surface area contributed by atoms with E-state index in [2.05, 4.69) is 35.8 Å². The van der Waals surface area contributed by atoms with E-state index in [1.165, 1.54) is 31.2 Å². The molecule has 0 saturated heterocycles. The molecule has 1 saturated carbocycles. The van der Waals surface area contributed by atoms with Gasteiger partial charge >= 0.3 is 0 Å². The molecule has 0 spiro atoms. The number of nitrogens with zero attached hydrogens (tertiary/aromatic N) is 2. The molecule has 0 unspecified atom stereocenters. The zero-order valence-electron chi connectivity index (χ0n) is 10.1. The number of hydrogen-bond acceptors (Lipinski definition) is 1. The van der Waals surface area contributed by atoms with Crippen LogP contribution in [0.15, 0.2) is 24.3 Å². The zero-order valence-corrected chi connectivity index (χ0v) is 10.1. The molecular weight excluding hydrogens is 208 g/mol. The monoisotopic (exact) mass is 224 g/mol. The van der Waals surface area contributed by atoms with Crippen molar-refractivity contribution in [1.29, 1.82) is 5.26 Å². The fourth-order valence-electron chi connectivity index (χ4n) is 3.17. The number of hydrogen-bond donors (Lipinski definition) is 0. The minimum absolute atomic E-state index is 0.599. The largest absolute Gasteiger partial charge is 0.340 e. The Hall–Kier alpha value is -1.75. The van der Waals surface area contributed by atoms with Crippen LogP contribution in [0.1, 0.15) is 43.0 Å². The number of benzene rings is 1. The molecule has 0 bridgehead atoms. The molecule has 1 fully saturated rings. The number of rotatable bonds is 1. The molecule has 17 heavy (non-hydrogen) atoms. The van der Waals surface area contributed by atoms with E-state index in [1.54, 1.807) is 0 Å². The molecule has 1 aromatic carbocycles. The van der Waals surface area contributed by atoms with Crippen molar-refractivity contribution in [3.05, 3.63) is 35.5 Å². The second-order valence-corrected chi connectivity index (χ2v) is 4.90. The van der Waals surface area contributed by atoms with Gasteiger partial charge in [0.2, 0.25) is 0 Å². The molecule has 0 aliphatic heterocycles. The predicted molar refractivity (Wildman–Crippen MR) is 68.9 cm³/mol. The summed E-state index contributed by atoms with van der Waals surface area (Å²) in [6.07, 6.45) is 5.14. The highest BCUT2D eigenvalue weighted by atomic mass is 15.0. The molecule has 1 heterocycles. The van der Waals surface area contributed by atoms with Crippen molar-refractivity contribution in [1.82, 2.24) is 4.57 Å². The van der Waals surface area contributed by atoms with Crippen LogP contribution in [0.3, 0.4) is 0 Å². The van der Waals surface area contributed by atoms with Gasteiger partial charge in [-0.2, -0.15) is 5.26 Å². The van der Waals surface area contributed by atoms with Gasteiger partial charge < -0.3 is 4.57 Å². The molecular formula is C15H16N2. The van der Waals surface area contributed by atoms with Crippen LogP contribution in [0, 0.1) is 18.3 Å². The summed E-state index contributed by atoms with van der Waals surface area (Å²) in [6, 6.07) is 11.2. The summed E-state index contributed by atoms with van der Waals surface area (Å²) in [5, 5.41) is 10.4. The van der Waals surface area contributed by atoms with E-state index < -0.39 is 0 Å². The Kier molecular flexibility index (Phi) is 2.40. The van der Waals surface area contributed by atoms with Crippen molar-refractivity contribution in [2.24, 2.45) is 0 Å². The average Bonchev–Trinajstić information content (AvgIpc) is 2.93. The zero-order chi connectivity index (χ0) is 11.8. The van der Waals surface area contributed by atoms with E-state index in [0.29, 0.717) is 6.04 Å². The van der Waals surface area contributed by atoms with Crippen molar-refractivity contribution in [2.75, 3.05) is 0 Å². The summed E-state index contributed by atoms with van der Waals surface area (Å²) >= 11 is 0. The molecule has 2 heteroatoms. The lowest BCUT2D eigenvalue weighted by Gasteiger charge is -2.15. The third-order valence-electron chi connectivity index (χ3n) is 3.96. The van der Waals surface area contributed by atoms with Gasteiger partial charge in [-0.05, 0) is 25.8 Å². The highest BCUT2D eigenvalue weighted by Crippen LogP contribution is 2.36. The molecule has 0 N–H and O–H groups in total. The molecule has 3 rings (SSSR count). The van der Waals surface area contributed by atoms with Crippen molar-refractivity contribution in [2.45, 2.75) is 38.6 Å². The van der Waals surface area contributed by atoms with E-state index in [1.807, 2.05) is 6.07 Å². The first kappa shape index (κ1) is 10.4. The first-order valence-corrected chi connectivity index (χ1v) is 6.32. The first-order chi connectivity index (χ1) is 8.33. The number of aromatic nitrogens is 1. The van der Waals surface area contributed by atoms with Gasteiger partial charge in [-0.3, -0.25) is 0 Å². The van der Waals surface area contributed by atoms with Crippen LogP contribution >= 0.6 is 0 Å². The van der Waals surface area contributed by atoms with E-state index in [0.717, 1.165) is 16.6 Å². The lowest BCUT2D eigenvalue weighted by molar-refractivity contribution is 0.525. The van der Waals surface area contributed by atoms with Gasteiger partial charge in [0.05, 0.1) is 5.56 Å². The molecule has 0 atom stereocenters. The quantitative estimate of drug-likeness (QED) is 0.721. The van der Waals surface area contributed by atoms with Crippen LogP contribution in [-0.2, 0) is 0 Å². The highest BCUT2D eigenvalue weighted by molar-refractivity contribution is 5.88. The first-order valence-electron chi connectivity index (χ1n) is 6.32. The van der Waals surface area contributed by atoms with Crippen molar-refractivity contribution in [3.8, 4) is 6.07 Å². The normalized spacial score (nSPS) is 16.5. The third-order valence-corrected chi connectivity index (χ3v) is 3.96. The average molecular weight is 224 g/mol. The Morgan fingerprint density at radius 3 is 2.65 bits per heavy atom. The van der Waals surface area contributed by atoms with Crippen LogP contribution in [0.25, 0.3) is 10.9 Å². The minimum atomic E-state index is 0.599. The SMILES string of the molecule is Cc1c(C#N)c2ccccc2n1C1CCCC1. The summed E-state index contributed by atoms with van der Waals surface area (Å²) in [5.41, 5.74) is 3.22. The fourth-order valence-corrected chi connectivity index (χ4v) is 3.17. The standard InChI is InChI=1S/C15H16N2/c1-11-14(10-16)13-8-4-5-9-15(13)17(11)12-6-2-3-7-12/h4-5,8-9,12H,2-3,6-7H2,1H3. The second kappa shape index (κ2) is 3.92. The van der Waals surface area contributed by atoms with Gasteiger partial charge in [0.15, 0.2) is 0 Å². The maximum Gasteiger partial charge on any atom is 0.102 e. The third kappa shape index (κ3) is 1.46. The summed E-state index contributed by atoms with van der Waals surface area (Å²) in [6.45, 7) is 2.08. The van der Waals surface area contributed by atoms with Crippen molar-refractivity contribution in [3.63, 3.8) is 0 Å². The van der Waals surface area contributed by atoms with Crippen LogP contribution < -0.4 is 0 Å². The van der Waals surface area contributed by atoms with Crippen LogP contribution in [0.5, 0.6) is 0 Å². The van der Waals surface area contributed by atoms with E-state index in [9.17, 15) is 5.26 Å². The molecule has 1 aliphatic carbocycles. The predicted octanol–water partition coefficient (Wildman–Crippen LogP) is 3.94. The lowest BCUT2D eigenvalue weighted by Crippen LogP contribution is -2.06. The maximum atomic E-state index is 9.31. The Balaban J connectivity index is 2.30. The summed E-state index contributed by atoms with van der Waals surface area (Å²) < 4.78 is 2.39. The van der Waals surface area contributed by atoms with Crippen molar-refractivity contribution < 1.29 is 0 Å². The van der Waals surface area contributed by atoms with Crippen molar-refractivity contribution >= 4 is 10.9 Å². The fraction of sp³-hybridized carbons (Fsp3) is 0.400. The molecule has 1 aliphatic rings. The molecule has 2 nitrogen and oxygen atoms in total. The lowest BCUT2D eigenvalue weighted by atomic mass is 10.1. The smallest absolute Gasteiger partial charge is 0.102 e. The Morgan fingerprint density at radius 1 is 1.24 bits per heavy atom. The van der Waals surface area contributed by atoms with E-state index in [4.69, 9.17) is 0 Å². The molecule has 2 aromatic rings. The van der Waals surface area contributed by atoms with E-state index >= 15 is 0 Å². The molecule has 1 aromatic heterocycles. The summed E-state index contributed by atoms with van der Waals surface area (Å²) in [5.74, 6) is 0. The van der Waals surface area contributed by atoms with Gasteiger partial charge in [-0.25, -0.2) is 0 Å². The van der Waals surface area contributed by atoms with Gasteiger partial charge in [0.1, 0.15) is 6.07 Å². The highest BCUT2D eigenvalue weighted by Gasteiger charge is 2.22. The van der Waals surface area contributed by atoms with Crippen LogP contribution in [-0.4, -0.2) is 4.57 Å². The number of para-hydroxylation sites is 1. The topological polar surface area (TPSA) is 28.7 Å². The van der Waals surface area contributed by atoms with Gasteiger partial charge in [-0.15, -0.1) is 0 Å². The van der Waals surface area contributed by atoms with Gasteiger partial charge in [0, 0.05) is 22.6 Å². The maximum absolute atomic E-state index is 9.31. The molecule has 86 valence electrons. The minimum Gasteiger partial charge on any atom is -0.340 e. The molecule has 0 amide bonds. The van der Waals surface area contributed by atoms with Gasteiger partial charge in [0.25, 0.3) is 0 Å². The van der Waals surface area contributed by atoms with Crippen LogP contribution in [0.4, 0.5) is 0 Å². The summed E-state index contributed by atoms with van der Waals surface area (Å²) in [7, 11) is 0.